The van der Waals surface area contributed by atoms with Crippen LogP contribution in [-0.4, -0.2) is 34.0 Å². The van der Waals surface area contributed by atoms with Gasteiger partial charge >= 0.3 is 5.97 Å². The van der Waals surface area contributed by atoms with Crippen LogP contribution in [0.5, 0.6) is 0 Å². The third-order valence-electron chi connectivity index (χ3n) is 3.82. The quantitative estimate of drug-likeness (QED) is 0.778. The maximum absolute atomic E-state index is 11.2. The Bertz CT molecular complexity index is 752. The van der Waals surface area contributed by atoms with E-state index in [0.717, 1.165) is 5.56 Å². The summed E-state index contributed by atoms with van der Waals surface area (Å²) in [4.78, 5) is 21.0. The molecule has 3 rings (SSSR count). The second-order valence-corrected chi connectivity index (χ2v) is 5.32. The number of nitrogens with two attached hydrogens (primary N) is 1. The summed E-state index contributed by atoms with van der Waals surface area (Å²) in [6.45, 7) is 2.29. The molecule has 0 bridgehead atoms. The Kier molecular flexibility index (Phi) is 3.53. The minimum Gasteiger partial charge on any atom is -0.475 e. The maximum Gasteiger partial charge on any atom is 0.374 e. The SMILES string of the molecule is COC1(C)Nc2c(N)nc(C(=O)O)nc2N1Cc1ccccc1. The third-order valence-corrected chi connectivity index (χ3v) is 3.82. The highest BCUT2D eigenvalue weighted by Gasteiger charge is 2.43. The van der Waals surface area contributed by atoms with Gasteiger partial charge in [0.1, 0.15) is 5.69 Å². The number of rotatable bonds is 4. The number of carbonyl (C=O) groups is 1. The van der Waals surface area contributed by atoms with Crippen molar-refractivity contribution in [2.24, 2.45) is 0 Å². The van der Waals surface area contributed by atoms with Crippen molar-refractivity contribution in [1.82, 2.24) is 9.97 Å². The molecule has 0 radical (unpaired) electrons. The summed E-state index contributed by atoms with van der Waals surface area (Å²) in [6, 6.07) is 9.73. The summed E-state index contributed by atoms with van der Waals surface area (Å²) in [6.07, 6.45) is 0. The summed E-state index contributed by atoms with van der Waals surface area (Å²) in [5.41, 5.74) is 7.38. The van der Waals surface area contributed by atoms with E-state index < -0.39 is 11.8 Å². The summed E-state index contributed by atoms with van der Waals surface area (Å²) >= 11 is 0. The first-order valence-electron chi connectivity index (χ1n) is 7.00. The lowest BCUT2D eigenvalue weighted by molar-refractivity contribution is 0.0315. The van der Waals surface area contributed by atoms with E-state index in [4.69, 9.17) is 15.6 Å². The number of fused-ring (bicyclic) bond motifs is 1. The molecule has 0 amide bonds. The largest absolute Gasteiger partial charge is 0.475 e. The lowest BCUT2D eigenvalue weighted by Gasteiger charge is -2.34. The summed E-state index contributed by atoms with van der Waals surface area (Å²) in [5, 5.41) is 12.3. The van der Waals surface area contributed by atoms with Crippen molar-refractivity contribution in [3.8, 4) is 0 Å². The lowest BCUT2D eigenvalue weighted by atomic mass is 10.2. The molecule has 2 aromatic rings. The zero-order valence-corrected chi connectivity index (χ0v) is 12.8. The van der Waals surface area contributed by atoms with E-state index in [-0.39, 0.29) is 11.6 Å². The molecule has 4 N–H and O–H groups in total. The standard InChI is InChI=1S/C15H17N5O3/c1-15(23-2)19-10-11(16)17-12(14(21)22)18-13(10)20(15)8-9-6-4-3-5-7-9/h3-7,19H,8H2,1-2H3,(H,21,22)(H2,16,17,18). The molecule has 8 nitrogen and oxygen atoms in total. The first-order chi connectivity index (χ1) is 10.9. The number of anilines is 3. The van der Waals surface area contributed by atoms with Crippen molar-refractivity contribution >= 4 is 23.3 Å². The van der Waals surface area contributed by atoms with E-state index in [9.17, 15) is 4.79 Å². The van der Waals surface area contributed by atoms with Crippen LogP contribution in [0.4, 0.5) is 17.3 Å². The molecule has 1 aliphatic heterocycles. The van der Waals surface area contributed by atoms with Crippen LogP contribution >= 0.6 is 0 Å². The second-order valence-electron chi connectivity index (χ2n) is 5.32. The van der Waals surface area contributed by atoms with Crippen LogP contribution in [0, 0.1) is 0 Å². The molecule has 0 aliphatic carbocycles. The molecule has 0 saturated heterocycles. The van der Waals surface area contributed by atoms with Crippen LogP contribution < -0.4 is 16.0 Å². The zero-order valence-electron chi connectivity index (χ0n) is 12.8. The third kappa shape index (κ3) is 2.53. The Morgan fingerprint density at radius 1 is 1.39 bits per heavy atom. The highest BCUT2D eigenvalue weighted by atomic mass is 16.5. The predicted molar refractivity (Wildman–Crippen MR) is 85.1 cm³/mol. The summed E-state index contributed by atoms with van der Waals surface area (Å²) in [5.74, 6) is -2.00. The molecule has 0 fully saturated rings. The smallest absolute Gasteiger partial charge is 0.374 e. The number of ether oxygens (including phenoxy) is 1. The van der Waals surface area contributed by atoms with Gasteiger partial charge in [-0.15, -0.1) is 0 Å². The highest BCUT2D eigenvalue weighted by molar-refractivity contribution is 5.89. The average Bonchev–Trinajstić information content (AvgIpc) is 2.82. The Morgan fingerprint density at radius 2 is 2.09 bits per heavy atom. The normalized spacial score (nSPS) is 19.3. The van der Waals surface area contributed by atoms with Crippen LogP contribution in [0.25, 0.3) is 0 Å². The van der Waals surface area contributed by atoms with E-state index >= 15 is 0 Å². The van der Waals surface area contributed by atoms with Gasteiger partial charge in [0, 0.05) is 20.6 Å². The number of aromatic carboxylic acids is 1. The summed E-state index contributed by atoms with van der Waals surface area (Å²) < 4.78 is 5.57. The Balaban J connectivity index is 2.08. The van der Waals surface area contributed by atoms with Gasteiger partial charge in [-0.1, -0.05) is 30.3 Å². The van der Waals surface area contributed by atoms with Gasteiger partial charge in [0.05, 0.1) is 0 Å². The van der Waals surface area contributed by atoms with Crippen LogP contribution in [0.1, 0.15) is 23.1 Å². The van der Waals surface area contributed by atoms with Crippen LogP contribution in [0.15, 0.2) is 30.3 Å². The lowest BCUT2D eigenvalue weighted by Crippen LogP contribution is -2.49. The predicted octanol–water partition coefficient (Wildman–Crippen LogP) is 1.51. The molecular weight excluding hydrogens is 298 g/mol. The number of hydrogen-bond acceptors (Lipinski definition) is 7. The van der Waals surface area contributed by atoms with E-state index in [1.54, 1.807) is 7.11 Å². The molecule has 1 aromatic carbocycles. The highest BCUT2D eigenvalue weighted by Crippen LogP contribution is 2.42. The Morgan fingerprint density at radius 3 is 2.70 bits per heavy atom. The molecule has 0 saturated carbocycles. The van der Waals surface area contributed by atoms with Crippen LogP contribution in [-0.2, 0) is 11.3 Å². The van der Waals surface area contributed by atoms with E-state index in [1.165, 1.54) is 0 Å². The summed E-state index contributed by atoms with van der Waals surface area (Å²) in [7, 11) is 1.55. The number of hydrogen-bond donors (Lipinski definition) is 3. The van der Waals surface area contributed by atoms with E-state index in [2.05, 4.69) is 15.3 Å². The fraction of sp³-hybridized carbons (Fsp3) is 0.267. The monoisotopic (exact) mass is 315 g/mol. The van der Waals surface area contributed by atoms with Gasteiger partial charge in [0.25, 0.3) is 0 Å². The zero-order chi connectivity index (χ0) is 16.6. The van der Waals surface area contributed by atoms with Crippen molar-refractivity contribution in [2.45, 2.75) is 19.3 Å². The molecule has 23 heavy (non-hydrogen) atoms. The van der Waals surface area contributed by atoms with Gasteiger partial charge in [-0.2, -0.15) is 0 Å². The Labute approximate surface area is 132 Å². The number of carboxylic acids is 1. The number of nitrogens with zero attached hydrogens (tertiary/aromatic N) is 3. The molecule has 2 heterocycles. The number of benzene rings is 1. The van der Waals surface area contributed by atoms with Gasteiger partial charge in [-0.3, -0.25) is 0 Å². The maximum atomic E-state index is 11.2. The van der Waals surface area contributed by atoms with E-state index in [1.807, 2.05) is 42.2 Å². The topological polar surface area (TPSA) is 114 Å². The molecular formula is C15H17N5O3. The van der Waals surface area contributed by atoms with Gasteiger partial charge in [-0.05, 0) is 5.56 Å². The molecule has 120 valence electrons. The van der Waals surface area contributed by atoms with Gasteiger partial charge in [0.2, 0.25) is 11.7 Å². The number of aromatic nitrogens is 2. The average molecular weight is 315 g/mol. The first kappa shape index (κ1) is 15.0. The molecule has 1 aliphatic rings. The minimum atomic E-state index is -1.23. The van der Waals surface area contributed by atoms with Crippen molar-refractivity contribution < 1.29 is 14.6 Å². The van der Waals surface area contributed by atoms with Crippen LogP contribution in [0.3, 0.4) is 0 Å². The number of nitrogen functional groups attached to an aromatic ring is 1. The second kappa shape index (κ2) is 5.40. The van der Waals surface area contributed by atoms with Crippen LogP contribution in [0.2, 0.25) is 0 Å². The van der Waals surface area contributed by atoms with Gasteiger partial charge < -0.3 is 25.8 Å². The fourth-order valence-corrected chi connectivity index (χ4v) is 2.53. The van der Waals surface area contributed by atoms with Gasteiger partial charge in [-0.25, -0.2) is 14.8 Å². The van der Waals surface area contributed by atoms with Crippen molar-refractivity contribution in [3.63, 3.8) is 0 Å². The van der Waals surface area contributed by atoms with Crippen molar-refractivity contribution in [3.05, 3.63) is 41.7 Å². The molecule has 8 heteroatoms. The van der Waals surface area contributed by atoms with E-state index in [0.29, 0.717) is 18.1 Å². The fourth-order valence-electron chi connectivity index (χ4n) is 2.53. The van der Waals surface area contributed by atoms with Gasteiger partial charge in [0.15, 0.2) is 11.6 Å². The Hall–Kier alpha value is -2.87. The first-order valence-corrected chi connectivity index (χ1v) is 7.00. The molecule has 0 spiro atoms. The molecule has 1 aromatic heterocycles. The number of nitrogens with one attached hydrogen (secondary N) is 1. The minimum absolute atomic E-state index is 0.0752. The number of carboxylic acid groups (broad SMARTS) is 1. The molecule has 1 unspecified atom stereocenters. The number of methoxy groups -OCH3 is 1. The van der Waals surface area contributed by atoms with Crippen molar-refractivity contribution in [1.29, 1.82) is 0 Å². The molecule has 1 atom stereocenters. The van der Waals surface area contributed by atoms with Crippen molar-refractivity contribution in [2.75, 3.05) is 23.1 Å².